The summed E-state index contributed by atoms with van der Waals surface area (Å²) >= 11 is 0. The molecule has 1 aromatic heterocycles. The van der Waals surface area contributed by atoms with Crippen LogP contribution in [0.1, 0.15) is 33.7 Å². The van der Waals surface area contributed by atoms with Crippen LogP contribution in [0.25, 0.3) is 0 Å². The first-order chi connectivity index (χ1) is 16.1. The number of aryl methyl sites for hydroxylation is 1. The molecule has 1 aliphatic heterocycles. The van der Waals surface area contributed by atoms with Crippen molar-refractivity contribution in [1.29, 1.82) is 0 Å². The van der Waals surface area contributed by atoms with Crippen LogP contribution in [0, 0.1) is 6.92 Å². The Bertz CT molecular complexity index is 1020. The van der Waals surface area contributed by atoms with Crippen LogP contribution in [0.3, 0.4) is 0 Å². The number of benzene rings is 2. The smallest absolute Gasteiger partial charge is 0.254 e. The molecule has 1 aliphatic rings. The number of hydrogen-bond donors (Lipinski definition) is 0. The lowest BCUT2D eigenvalue weighted by Crippen LogP contribution is -2.49. The molecule has 2 heterocycles. The molecule has 0 atom stereocenters. The maximum atomic E-state index is 13.1. The fourth-order valence-corrected chi connectivity index (χ4v) is 4.11. The normalized spacial score (nSPS) is 14.3. The second-order valence-electron chi connectivity index (χ2n) is 8.56. The van der Waals surface area contributed by atoms with E-state index >= 15 is 0 Å². The van der Waals surface area contributed by atoms with Crippen LogP contribution in [0.15, 0.2) is 77.4 Å². The van der Waals surface area contributed by atoms with Crippen LogP contribution in [0.2, 0.25) is 0 Å². The molecular weight excluding hydrogens is 414 g/mol. The number of furan rings is 1. The predicted molar refractivity (Wildman–Crippen MR) is 128 cm³/mol. The fourth-order valence-electron chi connectivity index (χ4n) is 4.11. The van der Waals surface area contributed by atoms with Crippen molar-refractivity contribution in [2.45, 2.75) is 26.4 Å². The van der Waals surface area contributed by atoms with Crippen LogP contribution in [0.4, 0.5) is 0 Å². The van der Waals surface area contributed by atoms with Crippen molar-refractivity contribution in [2.75, 3.05) is 32.7 Å². The van der Waals surface area contributed by atoms with E-state index in [0.717, 1.165) is 38.3 Å². The minimum Gasteiger partial charge on any atom is -0.467 e. The van der Waals surface area contributed by atoms with Gasteiger partial charge in [0.2, 0.25) is 5.91 Å². The highest BCUT2D eigenvalue weighted by atomic mass is 16.3. The third-order valence-electron chi connectivity index (χ3n) is 6.08. The first-order valence-corrected chi connectivity index (χ1v) is 11.5. The Balaban J connectivity index is 1.32. The van der Waals surface area contributed by atoms with Crippen molar-refractivity contribution in [3.8, 4) is 0 Å². The van der Waals surface area contributed by atoms with E-state index in [2.05, 4.69) is 29.2 Å². The van der Waals surface area contributed by atoms with E-state index in [0.29, 0.717) is 30.8 Å². The van der Waals surface area contributed by atoms with Gasteiger partial charge in [0.05, 0.1) is 12.8 Å². The molecular formula is C27H31N3O3. The molecule has 3 aromatic rings. The lowest BCUT2D eigenvalue weighted by Gasteiger charge is -2.35. The number of amides is 2. The summed E-state index contributed by atoms with van der Waals surface area (Å²) in [5.41, 5.74) is 3.01. The van der Waals surface area contributed by atoms with E-state index in [1.807, 2.05) is 54.3 Å². The summed E-state index contributed by atoms with van der Waals surface area (Å²) in [5.74, 6) is 0.708. The van der Waals surface area contributed by atoms with Gasteiger partial charge < -0.3 is 14.2 Å². The summed E-state index contributed by atoms with van der Waals surface area (Å²) in [7, 11) is 0. The Morgan fingerprint density at radius 3 is 2.30 bits per heavy atom. The van der Waals surface area contributed by atoms with Crippen molar-refractivity contribution in [1.82, 2.24) is 14.7 Å². The van der Waals surface area contributed by atoms with Gasteiger partial charge in [0.25, 0.3) is 5.91 Å². The highest BCUT2D eigenvalue weighted by Crippen LogP contribution is 2.14. The minimum atomic E-state index is -0.0909. The van der Waals surface area contributed by atoms with Gasteiger partial charge in [-0.1, -0.05) is 48.0 Å². The first kappa shape index (κ1) is 22.8. The van der Waals surface area contributed by atoms with Gasteiger partial charge in [0.1, 0.15) is 5.76 Å². The fraction of sp³-hybridized carbons (Fsp3) is 0.333. The van der Waals surface area contributed by atoms with Crippen molar-refractivity contribution < 1.29 is 14.0 Å². The van der Waals surface area contributed by atoms with Crippen LogP contribution in [-0.4, -0.2) is 59.2 Å². The number of rotatable bonds is 8. The molecule has 172 valence electrons. The lowest BCUT2D eigenvalue weighted by molar-refractivity contribution is -0.133. The Morgan fingerprint density at radius 2 is 1.64 bits per heavy atom. The maximum absolute atomic E-state index is 13.1. The number of carbonyl (C=O) groups excluding carboxylic acids is 2. The van der Waals surface area contributed by atoms with Crippen molar-refractivity contribution in [3.63, 3.8) is 0 Å². The molecule has 4 rings (SSSR count). The van der Waals surface area contributed by atoms with Gasteiger partial charge in [-0.25, -0.2) is 0 Å². The van der Waals surface area contributed by atoms with E-state index in [4.69, 9.17) is 4.42 Å². The molecule has 2 aromatic carbocycles. The first-order valence-electron chi connectivity index (χ1n) is 11.5. The van der Waals surface area contributed by atoms with Gasteiger partial charge in [0.15, 0.2) is 0 Å². The molecule has 1 saturated heterocycles. The van der Waals surface area contributed by atoms with Crippen molar-refractivity contribution >= 4 is 11.8 Å². The topological polar surface area (TPSA) is 57.0 Å². The minimum absolute atomic E-state index is 0.0909. The molecule has 0 radical (unpaired) electrons. The molecule has 33 heavy (non-hydrogen) atoms. The molecule has 6 nitrogen and oxygen atoms in total. The number of hydrogen-bond acceptors (Lipinski definition) is 4. The quantitative estimate of drug-likeness (QED) is 0.527. The summed E-state index contributed by atoms with van der Waals surface area (Å²) in [6.45, 7) is 6.76. The molecule has 0 spiro atoms. The van der Waals surface area contributed by atoms with Crippen LogP contribution >= 0.6 is 0 Å². The average molecular weight is 446 g/mol. The van der Waals surface area contributed by atoms with E-state index in [1.54, 1.807) is 11.2 Å². The molecule has 2 amide bonds. The lowest BCUT2D eigenvalue weighted by atomic mass is 10.1. The second-order valence-corrected chi connectivity index (χ2v) is 8.56. The van der Waals surface area contributed by atoms with Crippen LogP contribution in [-0.2, 0) is 17.9 Å². The van der Waals surface area contributed by atoms with Gasteiger partial charge in [-0.15, -0.1) is 0 Å². The van der Waals surface area contributed by atoms with Gasteiger partial charge in [-0.05, 0) is 36.8 Å². The van der Waals surface area contributed by atoms with Gasteiger partial charge in [0, 0.05) is 51.3 Å². The molecule has 6 heteroatoms. The zero-order valence-electron chi connectivity index (χ0n) is 19.2. The third kappa shape index (κ3) is 6.33. The third-order valence-corrected chi connectivity index (χ3v) is 6.08. The Kier molecular flexibility index (Phi) is 7.58. The second kappa shape index (κ2) is 11.0. The zero-order valence-corrected chi connectivity index (χ0v) is 19.2. The van der Waals surface area contributed by atoms with E-state index in [9.17, 15) is 9.59 Å². The summed E-state index contributed by atoms with van der Waals surface area (Å²) in [4.78, 5) is 32.1. The number of nitrogens with zero attached hydrogens (tertiary/aromatic N) is 3. The molecule has 0 bridgehead atoms. The summed E-state index contributed by atoms with van der Waals surface area (Å²) in [6.07, 6.45) is 1.90. The Labute approximate surface area is 195 Å². The molecule has 0 saturated carbocycles. The Morgan fingerprint density at radius 1 is 0.909 bits per heavy atom. The highest BCUT2D eigenvalue weighted by Gasteiger charge is 2.23. The molecule has 0 aliphatic carbocycles. The van der Waals surface area contributed by atoms with Gasteiger partial charge in [-0.2, -0.15) is 0 Å². The number of piperazine rings is 1. The maximum Gasteiger partial charge on any atom is 0.254 e. The van der Waals surface area contributed by atoms with Gasteiger partial charge in [-0.3, -0.25) is 14.5 Å². The van der Waals surface area contributed by atoms with Crippen molar-refractivity contribution in [3.05, 3.63) is 95.4 Å². The van der Waals surface area contributed by atoms with Crippen LogP contribution < -0.4 is 0 Å². The van der Waals surface area contributed by atoms with Crippen molar-refractivity contribution in [2.24, 2.45) is 0 Å². The Hall–Kier alpha value is -3.38. The van der Waals surface area contributed by atoms with Gasteiger partial charge >= 0.3 is 0 Å². The van der Waals surface area contributed by atoms with E-state index in [-0.39, 0.29) is 11.8 Å². The monoisotopic (exact) mass is 445 g/mol. The standard InChI is InChI=1S/C27H31N3O3/c1-22-9-11-24(12-10-22)27(32)30(21-25-8-5-19-33-25)14-13-26(31)29-17-15-28(16-18-29)20-23-6-3-2-4-7-23/h2-12,19H,13-18,20-21H2,1H3. The van der Waals surface area contributed by atoms with Crippen LogP contribution in [0.5, 0.6) is 0 Å². The summed E-state index contributed by atoms with van der Waals surface area (Å²) < 4.78 is 5.46. The SMILES string of the molecule is Cc1ccc(C(=O)N(CCC(=O)N2CCN(Cc3ccccc3)CC2)Cc2ccco2)cc1. The summed E-state index contributed by atoms with van der Waals surface area (Å²) in [5, 5.41) is 0. The highest BCUT2D eigenvalue weighted by molar-refractivity contribution is 5.94. The largest absolute Gasteiger partial charge is 0.467 e. The number of carbonyl (C=O) groups is 2. The summed E-state index contributed by atoms with van der Waals surface area (Å²) in [6, 6.07) is 21.6. The van der Waals surface area contributed by atoms with E-state index in [1.165, 1.54) is 5.56 Å². The molecule has 0 N–H and O–H groups in total. The zero-order chi connectivity index (χ0) is 23.0. The molecule has 0 unspecified atom stereocenters. The molecule has 1 fully saturated rings. The predicted octanol–water partition coefficient (Wildman–Crippen LogP) is 3.96. The van der Waals surface area contributed by atoms with E-state index < -0.39 is 0 Å². The average Bonchev–Trinajstić information content (AvgIpc) is 3.36.